The van der Waals surface area contributed by atoms with Gasteiger partial charge in [0.2, 0.25) is 0 Å². The van der Waals surface area contributed by atoms with Gasteiger partial charge in [0.25, 0.3) is 0 Å². The van der Waals surface area contributed by atoms with E-state index in [4.69, 9.17) is 0 Å². The monoisotopic (exact) mass is 257 g/mol. The summed E-state index contributed by atoms with van der Waals surface area (Å²) in [7, 11) is 7.48. The van der Waals surface area contributed by atoms with Gasteiger partial charge in [-0.1, -0.05) is 13.1 Å². The van der Waals surface area contributed by atoms with Crippen LogP contribution in [-0.2, 0) is 0 Å². The first-order valence-electron chi connectivity index (χ1n) is 6.42. The van der Waals surface area contributed by atoms with Gasteiger partial charge in [-0.25, -0.2) is 0 Å². The predicted molar refractivity (Wildman–Crippen MR) is 81.2 cm³/mol. The Morgan fingerprint density at radius 3 is 1.82 bits per heavy atom. The fourth-order valence-electron chi connectivity index (χ4n) is 1.66. The van der Waals surface area contributed by atoms with Gasteiger partial charge in [-0.05, 0) is 34.4 Å². The van der Waals surface area contributed by atoms with Crippen LogP contribution in [0.15, 0.2) is 12.3 Å². The second-order valence-corrected chi connectivity index (χ2v) is 10.7. The molecule has 0 N–H and O–H groups in total. The van der Waals surface area contributed by atoms with E-state index in [9.17, 15) is 0 Å². The number of rotatable bonds is 9. The van der Waals surface area contributed by atoms with E-state index in [0.717, 1.165) is 26.2 Å². The van der Waals surface area contributed by atoms with Crippen LogP contribution in [0.2, 0.25) is 13.1 Å². The van der Waals surface area contributed by atoms with E-state index in [1.54, 1.807) is 0 Å². The summed E-state index contributed by atoms with van der Waals surface area (Å²) in [5.41, 5.74) is 2.18. The molecule has 0 radical (unpaired) electrons. The fraction of sp³-hybridized carbons (Fsp3) is 0.846. The Kier molecular flexibility index (Phi) is 7.95. The highest BCUT2D eigenvalue weighted by Gasteiger charge is 2.18. The average Bonchev–Trinajstić information content (AvgIpc) is 2.23. The third-order valence-corrected chi connectivity index (χ3v) is 5.48. The van der Waals surface area contributed by atoms with Crippen LogP contribution >= 0.6 is 0 Å². The topological polar surface area (TPSA) is 9.72 Å². The van der Waals surface area contributed by atoms with Crippen LogP contribution in [0.25, 0.3) is 0 Å². The van der Waals surface area contributed by atoms with Crippen LogP contribution < -0.4 is 0 Å². The molecule has 0 saturated carbocycles. The first kappa shape index (κ1) is 16.8. The smallest absolute Gasteiger partial charge is 0.0854 e. The second kappa shape index (κ2) is 8.03. The van der Waals surface area contributed by atoms with Crippen molar-refractivity contribution in [3.8, 4) is 0 Å². The van der Waals surface area contributed by atoms with E-state index in [-0.39, 0.29) is 0 Å². The molecule has 0 aliphatic carbocycles. The molecular formula is C13H31N3Si. The van der Waals surface area contributed by atoms with Crippen LogP contribution in [0.3, 0.4) is 0 Å². The van der Waals surface area contributed by atoms with Crippen molar-refractivity contribution in [2.45, 2.75) is 13.1 Å². The van der Waals surface area contributed by atoms with Gasteiger partial charge in [0.15, 0.2) is 0 Å². The summed E-state index contributed by atoms with van der Waals surface area (Å²) in [6, 6.07) is 0. The zero-order valence-corrected chi connectivity index (χ0v) is 13.7. The Hall–Kier alpha value is -0.163. The Balaban J connectivity index is 3.76. The quantitative estimate of drug-likeness (QED) is 0.578. The van der Waals surface area contributed by atoms with Gasteiger partial charge in [0, 0.05) is 26.2 Å². The fourth-order valence-corrected chi connectivity index (χ4v) is 3.34. The van der Waals surface area contributed by atoms with E-state index >= 15 is 0 Å². The van der Waals surface area contributed by atoms with Gasteiger partial charge in [-0.3, -0.25) is 0 Å². The summed E-state index contributed by atoms with van der Waals surface area (Å²) in [6.07, 6.45) is 1.21. The lowest BCUT2D eigenvalue weighted by Crippen LogP contribution is -2.42. The van der Waals surface area contributed by atoms with E-state index in [1.165, 1.54) is 6.17 Å². The number of hydrogen-bond donors (Lipinski definition) is 0. The van der Waals surface area contributed by atoms with Crippen molar-refractivity contribution in [3.63, 3.8) is 0 Å². The van der Waals surface area contributed by atoms with E-state index in [1.807, 2.05) is 0 Å². The molecule has 17 heavy (non-hydrogen) atoms. The van der Waals surface area contributed by atoms with E-state index in [2.05, 4.69) is 68.3 Å². The minimum Gasteiger partial charge on any atom is -0.308 e. The normalized spacial score (nSPS) is 12.8. The minimum absolute atomic E-state index is 1.13. The van der Waals surface area contributed by atoms with Crippen molar-refractivity contribution in [2.75, 3.05) is 60.5 Å². The molecule has 102 valence electrons. The SMILES string of the molecule is C=C[Si](C)(C)CN(C)CCN(C)CCN(C)C. The number of hydrogen-bond acceptors (Lipinski definition) is 3. The predicted octanol–water partition coefficient (Wildman–Crippen LogP) is 1.38. The lowest BCUT2D eigenvalue weighted by atomic mass is 10.4. The summed E-state index contributed by atoms with van der Waals surface area (Å²) < 4.78 is 0. The molecular weight excluding hydrogens is 226 g/mol. The molecule has 0 aliphatic heterocycles. The maximum atomic E-state index is 3.95. The molecule has 0 heterocycles. The van der Waals surface area contributed by atoms with Crippen molar-refractivity contribution in [1.29, 1.82) is 0 Å². The zero-order chi connectivity index (χ0) is 13.5. The molecule has 0 spiro atoms. The van der Waals surface area contributed by atoms with Crippen molar-refractivity contribution in [1.82, 2.24) is 14.7 Å². The summed E-state index contributed by atoms with van der Waals surface area (Å²) in [4.78, 5) is 7.08. The summed E-state index contributed by atoms with van der Waals surface area (Å²) >= 11 is 0. The van der Waals surface area contributed by atoms with Crippen molar-refractivity contribution >= 4 is 8.07 Å². The molecule has 0 saturated heterocycles. The van der Waals surface area contributed by atoms with Crippen LogP contribution in [0.5, 0.6) is 0 Å². The molecule has 0 bridgehead atoms. The summed E-state index contributed by atoms with van der Waals surface area (Å²) in [5.74, 6) is 0. The van der Waals surface area contributed by atoms with E-state index in [0.29, 0.717) is 0 Å². The number of likely N-dealkylation sites (N-methyl/N-ethyl adjacent to an activating group) is 3. The highest BCUT2D eigenvalue weighted by molar-refractivity contribution is 6.82. The third-order valence-electron chi connectivity index (χ3n) is 3.02. The molecule has 0 rings (SSSR count). The minimum atomic E-state index is -1.19. The Labute approximate surface area is 109 Å². The molecule has 0 aromatic heterocycles. The molecule has 0 amide bonds. The maximum absolute atomic E-state index is 3.95. The third kappa shape index (κ3) is 9.53. The second-order valence-electron chi connectivity index (χ2n) is 6.04. The molecule has 4 heteroatoms. The van der Waals surface area contributed by atoms with Crippen LogP contribution in [-0.4, -0.2) is 83.3 Å². The molecule has 3 nitrogen and oxygen atoms in total. The lowest BCUT2D eigenvalue weighted by Gasteiger charge is -2.27. The average molecular weight is 257 g/mol. The van der Waals surface area contributed by atoms with Crippen molar-refractivity contribution in [2.24, 2.45) is 0 Å². The first-order valence-corrected chi connectivity index (χ1v) is 9.70. The van der Waals surface area contributed by atoms with Crippen LogP contribution in [0.1, 0.15) is 0 Å². The van der Waals surface area contributed by atoms with Gasteiger partial charge in [0.05, 0.1) is 8.07 Å². The van der Waals surface area contributed by atoms with Gasteiger partial charge >= 0.3 is 0 Å². The Bertz CT molecular complexity index is 217. The van der Waals surface area contributed by atoms with Gasteiger partial charge in [0.1, 0.15) is 0 Å². The molecule has 0 unspecified atom stereocenters. The Morgan fingerprint density at radius 1 is 0.882 bits per heavy atom. The van der Waals surface area contributed by atoms with Gasteiger partial charge in [-0.2, -0.15) is 0 Å². The molecule has 0 fully saturated rings. The highest BCUT2D eigenvalue weighted by Crippen LogP contribution is 2.04. The molecule has 0 aromatic carbocycles. The standard InChI is InChI=1S/C13H31N3Si/c1-8-17(6,7)13-16(5)12-11-15(4)10-9-14(2)3/h8H,1,9-13H2,2-7H3. The van der Waals surface area contributed by atoms with Gasteiger partial charge < -0.3 is 14.7 Å². The zero-order valence-electron chi connectivity index (χ0n) is 12.7. The lowest BCUT2D eigenvalue weighted by molar-refractivity contribution is 0.249. The van der Waals surface area contributed by atoms with Gasteiger partial charge in [-0.15, -0.1) is 12.3 Å². The first-order chi connectivity index (χ1) is 7.76. The molecule has 0 aliphatic rings. The molecule has 0 atom stereocenters. The van der Waals surface area contributed by atoms with E-state index < -0.39 is 8.07 Å². The Morgan fingerprint density at radius 2 is 1.35 bits per heavy atom. The summed E-state index contributed by atoms with van der Waals surface area (Å²) in [6.45, 7) is 13.2. The highest BCUT2D eigenvalue weighted by atomic mass is 28.3. The maximum Gasteiger partial charge on any atom is 0.0854 e. The van der Waals surface area contributed by atoms with Crippen molar-refractivity contribution in [3.05, 3.63) is 12.3 Å². The largest absolute Gasteiger partial charge is 0.308 e. The van der Waals surface area contributed by atoms with Crippen LogP contribution in [0.4, 0.5) is 0 Å². The number of nitrogens with zero attached hydrogens (tertiary/aromatic N) is 3. The summed E-state index contributed by atoms with van der Waals surface area (Å²) in [5, 5.41) is 0. The molecule has 0 aromatic rings. The van der Waals surface area contributed by atoms with Crippen molar-refractivity contribution < 1.29 is 0 Å². The van der Waals surface area contributed by atoms with Crippen LogP contribution in [0, 0.1) is 0 Å².